The van der Waals surface area contributed by atoms with E-state index in [2.05, 4.69) is 56.0 Å². The van der Waals surface area contributed by atoms with Gasteiger partial charge in [0.15, 0.2) is 0 Å². The van der Waals surface area contributed by atoms with Crippen LogP contribution in [0.25, 0.3) is 0 Å². The Morgan fingerprint density at radius 1 is 1.00 bits per heavy atom. The summed E-state index contributed by atoms with van der Waals surface area (Å²) >= 11 is 0. The van der Waals surface area contributed by atoms with E-state index in [9.17, 15) is 0 Å². The Labute approximate surface area is 119 Å². The van der Waals surface area contributed by atoms with Crippen LogP contribution in [-0.4, -0.2) is 18.0 Å². The molecule has 1 atom stereocenters. The van der Waals surface area contributed by atoms with Gasteiger partial charge in [-0.2, -0.15) is 0 Å². The number of hydrogen-bond acceptors (Lipinski definition) is 1. The highest BCUT2D eigenvalue weighted by atomic mass is 35.5. The van der Waals surface area contributed by atoms with Gasteiger partial charge in [0.2, 0.25) is 0 Å². The molecule has 1 nitrogen and oxygen atoms in total. The first kappa shape index (κ1) is 17.5. The molecule has 0 saturated carbocycles. The summed E-state index contributed by atoms with van der Waals surface area (Å²) in [5.41, 5.74) is 1.48. The van der Waals surface area contributed by atoms with Crippen LogP contribution in [0.2, 0.25) is 0 Å². The van der Waals surface area contributed by atoms with Crippen molar-refractivity contribution in [3.63, 3.8) is 0 Å². The van der Waals surface area contributed by atoms with Gasteiger partial charge < -0.3 is 0 Å². The van der Waals surface area contributed by atoms with Gasteiger partial charge >= 0.3 is 0 Å². The summed E-state index contributed by atoms with van der Waals surface area (Å²) in [6.07, 6.45) is 5.11. The first-order chi connectivity index (χ1) is 8.33. The average Bonchev–Trinajstić information content (AvgIpc) is 2.39. The lowest BCUT2D eigenvalue weighted by Gasteiger charge is -2.31. The zero-order valence-electron chi connectivity index (χ0n) is 12.1. The van der Waals surface area contributed by atoms with Crippen molar-refractivity contribution in [1.29, 1.82) is 0 Å². The molecule has 1 aromatic rings. The number of benzene rings is 1. The van der Waals surface area contributed by atoms with Crippen molar-refractivity contribution in [2.45, 2.75) is 52.5 Å². The van der Waals surface area contributed by atoms with E-state index in [-0.39, 0.29) is 12.4 Å². The molecule has 0 saturated heterocycles. The lowest BCUT2D eigenvalue weighted by Crippen LogP contribution is -2.29. The fraction of sp³-hybridized carbons (Fsp3) is 0.625. The van der Waals surface area contributed by atoms with Gasteiger partial charge in [-0.3, -0.25) is 4.90 Å². The van der Waals surface area contributed by atoms with Crippen LogP contribution in [0, 0.1) is 0 Å². The Bertz CT molecular complexity index is 286. The van der Waals surface area contributed by atoms with E-state index < -0.39 is 0 Å². The molecule has 0 aliphatic rings. The number of rotatable bonds is 8. The van der Waals surface area contributed by atoms with Crippen molar-refractivity contribution in [3.8, 4) is 0 Å². The Morgan fingerprint density at radius 3 is 2.17 bits per heavy atom. The summed E-state index contributed by atoms with van der Waals surface area (Å²) < 4.78 is 0. The number of hydrogen-bond donors (Lipinski definition) is 0. The molecule has 0 spiro atoms. The largest absolute Gasteiger partial charge is 0.297 e. The van der Waals surface area contributed by atoms with Gasteiger partial charge in [0.05, 0.1) is 0 Å². The lowest BCUT2D eigenvalue weighted by molar-refractivity contribution is 0.193. The molecule has 0 aromatic heterocycles. The minimum atomic E-state index is 0. The van der Waals surface area contributed by atoms with Crippen LogP contribution in [0.5, 0.6) is 0 Å². The molecule has 0 aliphatic heterocycles. The van der Waals surface area contributed by atoms with Crippen molar-refractivity contribution in [2.75, 3.05) is 13.1 Å². The van der Waals surface area contributed by atoms with E-state index >= 15 is 0 Å². The van der Waals surface area contributed by atoms with E-state index in [1.54, 1.807) is 0 Å². The Kier molecular flexibility index (Phi) is 10.1. The molecule has 1 aromatic carbocycles. The first-order valence-electron chi connectivity index (χ1n) is 7.12. The molecular formula is C16H28ClN. The summed E-state index contributed by atoms with van der Waals surface area (Å²) in [7, 11) is 0. The van der Waals surface area contributed by atoms with Crippen molar-refractivity contribution in [3.05, 3.63) is 35.9 Å². The molecule has 0 bridgehead atoms. The van der Waals surface area contributed by atoms with Crippen molar-refractivity contribution in [1.82, 2.24) is 4.90 Å². The van der Waals surface area contributed by atoms with Crippen LogP contribution in [0.15, 0.2) is 30.3 Å². The minimum Gasteiger partial charge on any atom is -0.297 e. The lowest BCUT2D eigenvalue weighted by atomic mass is 10.0. The van der Waals surface area contributed by atoms with Gasteiger partial charge in [-0.05, 0) is 31.5 Å². The molecular weight excluding hydrogens is 242 g/mol. The molecule has 1 unspecified atom stereocenters. The van der Waals surface area contributed by atoms with Crippen LogP contribution in [-0.2, 0) is 0 Å². The summed E-state index contributed by atoms with van der Waals surface area (Å²) in [5.74, 6) is 0. The highest BCUT2D eigenvalue weighted by Crippen LogP contribution is 2.25. The summed E-state index contributed by atoms with van der Waals surface area (Å²) in [6, 6.07) is 11.6. The van der Waals surface area contributed by atoms with Crippen LogP contribution in [0.3, 0.4) is 0 Å². The summed E-state index contributed by atoms with van der Waals surface area (Å²) in [5, 5.41) is 0. The second kappa shape index (κ2) is 10.4. The Hall–Kier alpha value is -0.530. The summed E-state index contributed by atoms with van der Waals surface area (Å²) in [4.78, 5) is 2.63. The van der Waals surface area contributed by atoms with Crippen molar-refractivity contribution >= 4 is 12.4 Å². The van der Waals surface area contributed by atoms with Gasteiger partial charge in [0.25, 0.3) is 0 Å². The highest BCUT2D eigenvalue weighted by molar-refractivity contribution is 5.85. The normalized spacial score (nSPS) is 12.2. The monoisotopic (exact) mass is 269 g/mol. The molecule has 1 rings (SSSR count). The number of nitrogens with zero attached hydrogens (tertiary/aromatic N) is 1. The second-order valence-corrected chi connectivity index (χ2v) is 4.70. The maximum atomic E-state index is 2.63. The molecule has 0 fully saturated rings. The van der Waals surface area contributed by atoms with E-state index in [0.717, 1.165) is 6.54 Å². The molecule has 0 heterocycles. The summed E-state index contributed by atoms with van der Waals surface area (Å²) in [6.45, 7) is 9.21. The predicted octanol–water partition coefficient (Wildman–Crippen LogP) is 5.07. The fourth-order valence-electron chi connectivity index (χ4n) is 2.40. The van der Waals surface area contributed by atoms with Crippen LogP contribution >= 0.6 is 12.4 Å². The SMILES string of the molecule is CCCCN(CC)C(CCC)c1ccccc1.Cl. The first-order valence-corrected chi connectivity index (χ1v) is 7.12. The molecule has 18 heavy (non-hydrogen) atoms. The van der Waals surface area contributed by atoms with Crippen molar-refractivity contribution < 1.29 is 0 Å². The molecule has 0 aliphatic carbocycles. The third-order valence-electron chi connectivity index (χ3n) is 3.39. The smallest absolute Gasteiger partial charge is 0.0347 e. The quantitative estimate of drug-likeness (QED) is 0.637. The number of halogens is 1. The van der Waals surface area contributed by atoms with Gasteiger partial charge in [0, 0.05) is 6.04 Å². The zero-order valence-corrected chi connectivity index (χ0v) is 12.9. The fourth-order valence-corrected chi connectivity index (χ4v) is 2.40. The average molecular weight is 270 g/mol. The second-order valence-electron chi connectivity index (χ2n) is 4.70. The van der Waals surface area contributed by atoms with Gasteiger partial charge in [-0.25, -0.2) is 0 Å². The van der Waals surface area contributed by atoms with Crippen LogP contribution < -0.4 is 0 Å². The molecule has 2 heteroatoms. The maximum absolute atomic E-state index is 2.63. The van der Waals surface area contributed by atoms with E-state index in [0.29, 0.717) is 6.04 Å². The third-order valence-corrected chi connectivity index (χ3v) is 3.39. The molecule has 0 amide bonds. The maximum Gasteiger partial charge on any atom is 0.0347 e. The van der Waals surface area contributed by atoms with Crippen LogP contribution in [0.1, 0.15) is 58.1 Å². The standard InChI is InChI=1S/C16H27N.ClH/c1-4-7-14-17(6-3)16(11-5-2)15-12-9-8-10-13-15;/h8-10,12-13,16H,4-7,11,14H2,1-3H3;1H. The molecule has 104 valence electrons. The van der Waals surface area contributed by atoms with Gasteiger partial charge in [-0.1, -0.05) is 63.9 Å². The van der Waals surface area contributed by atoms with Gasteiger partial charge in [0.1, 0.15) is 0 Å². The van der Waals surface area contributed by atoms with E-state index in [4.69, 9.17) is 0 Å². The molecule has 0 N–H and O–H groups in total. The van der Waals surface area contributed by atoms with E-state index in [1.165, 1.54) is 37.8 Å². The highest BCUT2D eigenvalue weighted by Gasteiger charge is 2.17. The topological polar surface area (TPSA) is 3.24 Å². The Morgan fingerprint density at radius 2 is 1.67 bits per heavy atom. The zero-order chi connectivity index (χ0) is 12.5. The van der Waals surface area contributed by atoms with Gasteiger partial charge in [-0.15, -0.1) is 12.4 Å². The van der Waals surface area contributed by atoms with E-state index in [1.807, 2.05) is 0 Å². The van der Waals surface area contributed by atoms with Crippen LogP contribution in [0.4, 0.5) is 0 Å². The predicted molar refractivity (Wildman–Crippen MR) is 83.5 cm³/mol. The molecule has 0 radical (unpaired) electrons. The Balaban J connectivity index is 0.00000289. The van der Waals surface area contributed by atoms with Crippen molar-refractivity contribution in [2.24, 2.45) is 0 Å². The number of unbranched alkanes of at least 4 members (excludes halogenated alkanes) is 1. The third kappa shape index (κ3) is 5.41. The minimum absolute atomic E-state index is 0.